The Morgan fingerprint density at radius 3 is 2.13 bits per heavy atom. The average molecular weight is 545 g/mol. The van der Waals surface area contributed by atoms with Crippen LogP contribution in [0.3, 0.4) is 0 Å². The summed E-state index contributed by atoms with van der Waals surface area (Å²) in [6.45, 7) is 3.35. The molecule has 0 radical (unpaired) electrons. The second-order valence-electron chi connectivity index (χ2n) is 8.81. The van der Waals surface area contributed by atoms with Gasteiger partial charge < -0.3 is 14.2 Å². The molecule has 0 heterocycles. The first-order chi connectivity index (χ1) is 18.2. The van der Waals surface area contributed by atoms with Crippen LogP contribution in [0.5, 0.6) is 11.5 Å². The Labute approximate surface area is 219 Å². The topological polar surface area (TPSA) is 61.8 Å². The van der Waals surface area contributed by atoms with E-state index in [-0.39, 0.29) is 24.3 Å². The Bertz CT molecular complexity index is 1040. The molecule has 2 aromatic carbocycles. The van der Waals surface area contributed by atoms with Crippen molar-refractivity contribution in [1.29, 1.82) is 0 Å². The molecule has 0 aromatic heterocycles. The molecule has 38 heavy (non-hydrogen) atoms. The summed E-state index contributed by atoms with van der Waals surface area (Å²) in [6, 6.07) is 5.36. The van der Waals surface area contributed by atoms with E-state index in [9.17, 15) is 31.5 Å². The van der Waals surface area contributed by atoms with Gasteiger partial charge in [0.15, 0.2) is 17.7 Å². The first kappa shape index (κ1) is 31.1. The number of alkyl halides is 2. The molecule has 0 fully saturated rings. The number of esters is 2. The minimum absolute atomic E-state index is 0.0743. The highest BCUT2D eigenvalue weighted by Crippen LogP contribution is 2.27. The van der Waals surface area contributed by atoms with Crippen molar-refractivity contribution >= 4 is 11.9 Å². The number of unbranched alkanes of at least 4 members (excludes halogenated alkanes) is 5. The third-order valence-electron chi connectivity index (χ3n) is 5.74. The SMILES string of the molecule is CCCCCCOC(=O)c1c(F)cc(OC(=O)c2ccc(OCC(F)C(F)CCCCC)cc2)c(F)c1F. The van der Waals surface area contributed by atoms with Crippen LogP contribution in [0.4, 0.5) is 22.0 Å². The third kappa shape index (κ3) is 9.29. The van der Waals surface area contributed by atoms with Gasteiger partial charge in [0.05, 0.1) is 12.2 Å². The van der Waals surface area contributed by atoms with E-state index in [2.05, 4.69) is 0 Å². The average Bonchev–Trinajstić information content (AvgIpc) is 2.90. The van der Waals surface area contributed by atoms with Gasteiger partial charge in [0, 0.05) is 6.07 Å². The minimum atomic E-state index is -1.84. The minimum Gasteiger partial charge on any atom is -0.490 e. The van der Waals surface area contributed by atoms with Crippen LogP contribution in [0.2, 0.25) is 0 Å². The number of hydrogen-bond acceptors (Lipinski definition) is 5. The summed E-state index contributed by atoms with van der Waals surface area (Å²) in [7, 11) is 0. The normalized spacial score (nSPS) is 12.6. The molecule has 0 aliphatic carbocycles. The Hall–Kier alpha value is -3.17. The molecule has 10 heteroatoms. The van der Waals surface area contributed by atoms with Gasteiger partial charge in [-0.3, -0.25) is 0 Å². The highest BCUT2D eigenvalue weighted by molar-refractivity contribution is 5.92. The summed E-state index contributed by atoms with van der Waals surface area (Å²) >= 11 is 0. The molecular formula is C28H33F5O5. The molecule has 0 saturated heterocycles. The molecule has 0 aliphatic rings. The summed E-state index contributed by atoms with van der Waals surface area (Å²) < 4.78 is 85.8. The molecule has 2 aromatic rings. The maximum absolute atomic E-state index is 14.5. The van der Waals surface area contributed by atoms with Crippen molar-refractivity contribution in [3.63, 3.8) is 0 Å². The number of rotatable bonds is 16. The summed E-state index contributed by atoms with van der Waals surface area (Å²) in [5.74, 6) is -8.44. The van der Waals surface area contributed by atoms with Gasteiger partial charge in [-0.2, -0.15) is 4.39 Å². The van der Waals surface area contributed by atoms with Crippen LogP contribution in [0, 0.1) is 17.5 Å². The van der Waals surface area contributed by atoms with Crippen molar-refractivity contribution in [3.8, 4) is 11.5 Å². The van der Waals surface area contributed by atoms with E-state index in [1.165, 1.54) is 24.3 Å². The molecule has 0 amide bonds. The fourth-order valence-corrected chi connectivity index (χ4v) is 3.50. The van der Waals surface area contributed by atoms with Gasteiger partial charge in [-0.15, -0.1) is 0 Å². The second kappa shape index (κ2) is 15.9. The number of halogens is 5. The number of carbonyl (C=O) groups is 2. The maximum Gasteiger partial charge on any atom is 0.344 e. The van der Waals surface area contributed by atoms with Crippen LogP contribution < -0.4 is 9.47 Å². The largest absolute Gasteiger partial charge is 0.490 e. The number of carbonyl (C=O) groups excluding carboxylic acids is 2. The first-order valence-corrected chi connectivity index (χ1v) is 12.8. The van der Waals surface area contributed by atoms with Crippen molar-refractivity contribution < 1.29 is 45.8 Å². The fraction of sp³-hybridized carbons (Fsp3) is 0.500. The highest BCUT2D eigenvalue weighted by Gasteiger charge is 2.27. The molecule has 0 bridgehead atoms. The molecule has 0 spiro atoms. The van der Waals surface area contributed by atoms with Crippen LogP contribution >= 0.6 is 0 Å². The summed E-state index contributed by atoms with van der Waals surface area (Å²) in [5, 5.41) is 0. The van der Waals surface area contributed by atoms with Gasteiger partial charge in [0.1, 0.15) is 29.9 Å². The molecule has 2 atom stereocenters. The van der Waals surface area contributed by atoms with E-state index < -0.39 is 59.7 Å². The maximum atomic E-state index is 14.5. The number of benzene rings is 2. The summed E-state index contributed by atoms with van der Waals surface area (Å²) in [5.41, 5.74) is -1.35. The lowest BCUT2D eigenvalue weighted by molar-refractivity contribution is 0.0485. The van der Waals surface area contributed by atoms with Crippen molar-refractivity contribution in [2.45, 2.75) is 77.6 Å². The van der Waals surface area contributed by atoms with Crippen LogP contribution in [-0.4, -0.2) is 37.5 Å². The number of ether oxygens (including phenoxy) is 3. The highest BCUT2D eigenvalue weighted by atomic mass is 19.2. The second-order valence-corrected chi connectivity index (χ2v) is 8.81. The predicted molar refractivity (Wildman–Crippen MR) is 132 cm³/mol. The van der Waals surface area contributed by atoms with E-state index >= 15 is 0 Å². The fourth-order valence-electron chi connectivity index (χ4n) is 3.50. The van der Waals surface area contributed by atoms with E-state index in [4.69, 9.17) is 14.2 Å². The Kier molecular flexibility index (Phi) is 13.0. The molecular weight excluding hydrogens is 511 g/mol. The van der Waals surface area contributed by atoms with Crippen LogP contribution in [0.1, 0.15) is 85.9 Å². The summed E-state index contributed by atoms with van der Waals surface area (Å²) in [6.07, 6.45) is 2.03. The van der Waals surface area contributed by atoms with Crippen LogP contribution in [0.15, 0.2) is 30.3 Å². The van der Waals surface area contributed by atoms with E-state index in [1.54, 1.807) is 0 Å². The van der Waals surface area contributed by atoms with Crippen molar-refractivity contribution in [2.75, 3.05) is 13.2 Å². The quantitative estimate of drug-likeness (QED) is 0.0713. The van der Waals surface area contributed by atoms with Gasteiger partial charge in [0.25, 0.3) is 0 Å². The molecule has 2 rings (SSSR count). The van der Waals surface area contributed by atoms with E-state index in [0.717, 1.165) is 32.1 Å². The van der Waals surface area contributed by atoms with Crippen LogP contribution in [0.25, 0.3) is 0 Å². The monoisotopic (exact) mass is 544 g/mol. The predicted octanol–water partition coefficient (Wildman–Crippen LogP) is 7.70. The third-order valence-corrected chi connectivity index (χ3v) is 5.74. The zero-order valence-electron chi connectivity index (χ0n) is 21.5. The smallest absolute Gasteiger partial charge is 0.344 e. The van der Waals surface area contributed by atoms with E-state index in [0.29, 0.717) is 18.9 Å². The standard InChI is InChI=1S/C28H33F5O5/c1-3-5-7-9-15-36-28(35)24-21(30)16-23(25(32)26(24)33)38-27(34)18-11-13-19(14-12-18)37-17-22(31)20(29)10-8-6-4-2/h11-14,16,20,22H,3-10,15,17H2,1-2H3. The van der Waals surface area contributed by atoms with Gasteiger partial charge in [-0.25, -0.2) is 27.2 Å². The van der Waals surface area contributed by atoms with Gasteiger partial charge in [0.2, 0.25) is 5.82 Å². The van der Waals surface area contributed by atoms with Gasteiger partial charge in [-0.1, -0.05) is 52.4 Å². The number of hydrogen-bond donors (Lipinski definition) is 0. The van der Waals surface area contributed by atoms with Gasteiger partial charge >= 0.3 is 11.9 Å². The lowest BCUT2D eigenvalue weighted by Crippen LogP contribution is -2.24. The lowest BCUT2D eigenvalue weighted by atomic mass is 10.1. The van der Waals surface area contributed by atoms with Gasteiger partial charge in [-0.05, 0) is 37.1 Å². The Morgan fingerprint density at radius 1 is 0.816 bits per heavy atom. The molecule has 0 N–H and O–H groups in total. The first-order valence-electron chi connectivity index (χ1n) is 12.8. The Balaban J connectivity index is 1.97. The molecule has 0 aliphatic heterocycles. The zero-order chi connectivity index (χ0) is 28.1. The molecule has 210 valence electrons. The Morgan fingerprint density at radius 2 is 1.47 bits per heavy atom. The van der Waals surface area contributed by atoms with Crippen molar-refractivity contribution in [3.05, 3.63) is 58.9 Å². The lowest BCUT2D eigenvalue weighted by Gasteiger charge is -2.14. The summed E-state index contributed by atoms with van der Waals surface area (Å²) in [4.78, 5) is 24.4. The van der Waals surface area contributed by atoms with Crippen molar-refractivity contribution in [1.82, 2.24) is 0 Å². The zero-order valence-corrected chi connectivity index (χ0v) is 21.5. The van der Waals surface area contributed by atoms with E-state index in [1.807, 2.05) is 13.8 Å². The van der Waals surface area contributed by atoms with Crippen molar-refractivity contribution in [2.24, 2.45) is 0 Å². The molecule has 5 nitrogen and oxygen atoms in total. The molecule has 0 saturated carbocycles. The molecule has 2 unspecified atom stereocenters. The van der Waals surface area contributed by atoms with Crippen LogP contribution in [-0.2, 0) is 4.74 Å².